The molecule has 0 spiro atoms. The van der Waals surface area contributed by atoms with E-state index in [1.807, 2.05) is 0 Å². The van der Waals surface area contributed by atoms with Crippen LogP contribution in [0.1, 0.15) is 78.1 Å². The summed E-state index contributed by atoms with van der Waals surface area (Å²) in [5.74, 6) is 0. The lowest BCUT2D eigenvalue weighted by molar-refractivity contribution is 0.611. The summed E-state index contributed by atoms with van der Waals surface area (Å²) in [4.78, 5) is 0. The van der Waals surface area contributed by atoms with E-state index in [1.165, 1.54) is 64.2 Å². The minimum absolute atomic E-state index is 1.23. The van der Waals surface area contributed by atoms with Gasteiger partial charge in [0.25, 0.3) is 0 Å². The molecule has 0 heterocycles. The van der Waals surface area contributed by atoms with Crippen LogP contribution < -0.4 is 0 Å². The van der Waals surface area contributed by atoms with Crippen molar-refractivity contribution in [3.63, 3.8) is 0 Å². The summed E-state index contributed by atoms with van der Waals surface area (Å²) in [6, 6.07) is 0. The summed E-state index contributed by atoms with van der Waals surface area (Å²) in [6.45, 7) is 4.37. The molecule has 16 heavy (non-hydrogen) atoms. The van der Waals surface area contributed by atoms with Gasteiger partial charge in [0, 0.05) is 0 Å². The van der Waals surface area contributed by atoms with E-state index in [0.29, 0.717) is 0 Å². The Hall–Kier alpha value is -0.520. The van der Waals surface area contributed by atoms with Crippen molar-refractivity contribution in [1.29, 1.82) is 0 Å². The van der Waals surface area contributed by atoms with Gasteiger partial charge in [0.1, 0.15) is 0 Å². The van der Waals surface area contributed by atoms with Crippen LogP contribution >= 0.6 is 0 Å². The highest BCUT2D eigenvalue weighted by Gasteiger charge is 1.87. The molecule has 0 unspecified atom stereocenters. The first-order valence-electron chi connectivity index (χ1n) is 7.18. The molecule has 0 N–H and O–H groups in total. The summed E-state index contributed by atoms with van der Waals surface area (Å²) < 4.78 is 0. The number of rotatable bonds is 11. The van der Waals surface area contributed by atoms with Crippen LogP contribution in [0.25, 0.3) is 0 Å². The van der Waals surface area contributed by atoms with Gasteiger partial charge in [-0.05, 0) is 39.0 Å². The molecule has 0 bridgehead atoms. The largest absolute Gasteiger partial charge is 0.0917 e. The van der Waals surface area contributed by atoms with E-state index in [2.05, 4.69) is 38.2 Å². The first kappa shape index (κ1) is 15.5. The minimum Gasteiger partial charge on any atom is -0.0917 e. The average molecular weight is 222 g/mol. The molecule has 0 aromatic heterocycles. The van der Waals surface area contributed by atoms with Crippen LogP contribution in [0.4, 0.5) is 0 Å². The normalized spacial score (nSPS) is 11.9. The third kappa shape index (κ3) is 13.5. The van der Waals surface area contributed by atoms with Crippen molar-refractivity contribution in [3.05, 3.63) is 24.3 Å². The smallest absolute Gasteiger partial charge is 0.0348 e. The van der Waals surface area contributed by atoms with Crippen LogP contribution in [0.2, 0.25) is 0 Å². The molecule has 0 nitrogen and oxygen atoms in total. The molecule has 0 rings (SSSR count). The fourth-order valence-corrected chi connectivity index (χ4v) is 1.80. The molecule has 0 radical (unpaired) electrons. The van der Waals surface area contributed by atoms with E-state index in [1.54, 1.807) is 0 Å². The van der Waals surface area contributed by atoms with E-state index in [9.17, 15) is 0 Å². The van der Waals surface area contributed by atoms with Gasteiger partial charge >= 0.3 is 0 Å². The van der Waals surface area contributed by atoms with Gasteiger partial charge in [-0.3, -0.25) is 0 Å². The molecular weight excluding hydrogens is 192 g/mol. The molecule has 0 amide bonds. The third-order valence-corrected chi connectivity index (χ3v) is 2.87. The predicted molar refractivity (Wildman–Crippen MR) is 75.8 cm³/mol. The summed E-state index contributed by atoms with van der Waals surface area (Å²) >= 11 is 0. The highest BCUT2D eigenvalue weighted by atomic mass is 13.9. The van der Waals surface area contributed by atoms with Crippen molar-refractivity contribution in [1.82, 2.24) is 0 Å². The lowest BCUT2D eigenvalue weighted by Crippen LogP contribution is -1.77. The lowest BCUT2D eigenvalue weighted by Gasteiger charge is -1.97. The Balaban J connectivity index is 3.03. The minimum atomic E-state index is 1.23. The second-order valence-electron chi connectivity index (χ2n) is 4.53. The molecule has 0 aliphatic carbocycles. The fourth-order valence-electron chi connectivity index (χ4n) is 1.80. The van der Waals surface area contributed by atoms with Crippen LogP contribution in [0.3, 0.4) is 0 Å². The molecule has 0 aromatic carbocycles. The maximum atomic E-state index is 2.37. The van der Waals surface area contributed by atoms with Gasteiger partial charge in [0.15, 0.2) is 0 Å². The molecule has 0 aliphatic rings. The Morgan fingerprint density at radius 1 is 0.625 bits per heavy atom. The van der Waals surface area contributed by atoms with Crippen LogP contribution in [0, 0.1) is 0 Å². The average Bonchev–Trinajstić information content (AvgIpc) is 2.31. The van der Waals surface area contributed by atoms with E-state index >= 15 is 0 Å². The highest BCUT2D eigenvalue weighted by Crippen LogP contribution is 2.07. The van der Waals surface area contributed by atoms with Gasteiger partial charge in [0.2, 0.25) is 0 Å². The zero-order valence-corrected chi connectivity index (χ0v) is 11.4. The molecule has 94 valence electrons. The Labute approximate surface area is 103 Å². The molecule has 0 heteroatoms. The van der Waals surface area contributed by atoms with Gasteiger partial charge in [0.05, 0.1) is 0 Å². The van der Waals surface area contributed by atoms with Crippen molar-refractivity contribution >= 4 is 0 Å². The Bertz CT molecular complexity index is 165. The van der Waals surface area contributed by atoms with Crippen LogP contribution in [-0.2, 0) is 0 Å². The van der Waals surface area contributed by atoms with Crippen LogP contribution in [0.15, 0.2) is 24.3 Å². The van der Waals surface area contributed by atoms with Crippen LogP contribution in [-0.4, -0.2) is 0 Å². The fraction of sp³-hybridized carbons (Fsp3) is 0.750. The molecule has 0 saturated carbocycles. The molecule has 0 saturated heterocycles. The van der Waals surface area contributed by atoms with E-state index in [-0.39, 0.29) is 0 Å². The van der Waals surface area contributed by atoms with E-state index < -0.39 is 0 Å². The molecular formula is C16H30. The van der Waals surface area contributed by atoms with Crippen LogP contribution in [0.5, 0.6) is 0 Å². The van der Waals surface area contributed by atoms with Gasteiger partial charge in [-0.2, -0.15) is 0 Å². The summed E-state index contributed by atoms with van der Waals surface area (Å²) in [5.41, 5.74) is 0. The Morgan fingerprint density at radius 3 is 1.88 bits per heavy atom. The number of hydrogen-bond acceptors (Lipinski definition) is 0. The lowest BCUT2D eigenvalue weighted by atomic mass is 10.1. The molecule has 0 fully saturated rings. The number of allylic oxidation sites excluding steroid dienone is 4. The van der Waals surface area contributed by atoms with Crippen molar-refractivity contribution in [2.45, 2.75) is 78.1 Å². The Kier molecular flexibility index (Phi) is 14.0. The number of hydrogen-bond donors (Lipinski definition) is 0. The molecule has 0 aromatic rings. The zero-order chi connectivity index (χ0) is 11.9. The van der Waals surface area contributed by atoms with Gasteiger partial charge in [-0.15, -0.1) is 0 Å². The maximum Gasteiger partial charge on any atom is -0.0348 e. The molecule has 0 aliphatic heterocycles. The zero-order valence-electron chi connectivity index (χ0n) is 11.4. The Morgan fingerprint density at radius 2 is 1.19 bits per heavy atom. The van der Waals surface area contributed by atoms with Gasteiger partial charge in [-0.25, -0.2) is 0 Å². The van der Waals surface area contributed by atoms with Crippen molar-refractivity contribution in [3.8, 4) is 0 Å². The second kappa shape index (κ2) is 14.5. The number of unbranched alkanes of at least 4 members (excludes halogenated alkanes) is 8. The quantitative estimate of drug-likeness (QED) is 0.295. The van der Waals surface area contributed by atoms with Gasteiger partial charge in [-0.1, -0.05) is 63.3 Å². The monoisotopic (exact) mass is 222 g/mol. The summed E-state index contributed by atoms with van der Waals surface area (Å²) in [7, 11) is 0. The maximum absolute atomic E-state index is 2.37. The van der Waals surface area contributed by atoms with E-state index in [4.69, 9.17) is 0 Å². The van der Waals surface area contributed by atoms with Crippen molar-refractivity contribution < 1.29 is 0 Å². The first-order valence-corrected chi connectivity index (χ1v) is 7.18. The van der Waals surface area contributed by atoms with Crippen molar-refractivity contribution in [2.24, 2.45) is 0 Å². The second-order valence-corrected chi connectivity index (χ2v) is 4.53. The highest BCUT2D eigenvalue weighted by molar-refractivity contribution is 4.83. The topological polar surface area (TPSA) is 0 Å². The third-order valence-electron chi connectivity index (χ3n) is 2.87. The summed E-state index contributed by atoms with van der Waals surface area (Å²) in [5, 5.41) is 0. The molecule has 0 atom stereocenters. The predicted octanol–water partition coefficient (Wildman–Crippen LogP) is 6.04. The SMILES string of the molecule is C/C=C/CCC/C=C/CCCCCCCC. The standard InChI is InChI=1S/C16H30/c1-3-5-7-9-11-13-15-16-14-12-10-8-6-4-2/h3,5,13,15H,4,6-12,14,16H2,1-2H3/b5-3+,15-13+. The van der Waals surface area contributed by atoms with E-state index in [0.717, 1.165) is 0 Å². The first-order chi connectivity index (χ1) is 7.91. The van der Waals surface area contributed by atoms with Crippen molar-refractivity contribution in [2.75, 3.05) is 0 Å². The van der Waals surface area contributed by atoms with Gasteiger partial charge < -0.3 is 0 Å². The summed E-state index contributed by atoms with van der Waals surface area (Å²) in [6.07, 6.45) is 22.6.